The van der Waals surface area contributed by atoms with Gasteiger partial charge in [0.1, 0.15) is 0 Å². The smallest absolute Gasteiger partial charge is 0.279 e. The second-order valence-corrected chi connectivity index (χ2v) is 10.7. The average Bonchev–Trinajstić information content (AvgIpc) is 3.20. The zero-order chi connectivity index (χ0) is 24.1. The van der Waals surface area contributed by atoms with Crippen molar-refractivity contribution < 1.29 is 17.9 Å². The number of rotatable bonds is 8. The zero-order valence-corrected chi connectivity index (χ0v) is 20.6. The molecule has 0 spiro atoms. The Balaban J connectivity index is 1.58. The number of amides is 1. The number of aromatic nitrogens is 1. The van der Waals surface area contributed by atoms with Gasteiger partial charge in [-0.1, -0.05) is 53.8 Å². The number of carbonyl (C=O) groups excluding carboxylic acids is 1. The molecule has 0 aliphatic carbocycles. The number of hydrogen-bond donors (Lipinski definition) is 0. The third kappa shape index (κ3) is 5.18. The van der Waals surface area contributed by atoms with Crippen molar-refractivity contribution in [3.05, 3.63) is 94.8 Å². The summed E-state index contributed by atoms with van der Waals surface area (Å²) in [6.07, 6.45) is 0. The van der Waals surface area contributed by atoms with Gasteiger partial charge in [-0.25, -0.2) is 8.42 Å². The highest BCUT2D eigenvalue weighted by molar-refractivity contribution is 7.89. The number of methoxy groups -OCH3 is 1. The van der Waals surface area contributed by atoms with E-state index in [0.717, 1.165) is 15.8 Å². The second kappa shape index (κ2) is 10.4. The average molecular weight is 496 g/mol. The Labute approximate surface area is 202 Å². The van der Waals surface area contributed by atoms with E-state index in [1.54, 1.807) is 7.11 Å². The predicted molar refractivity (Wildman–Crippen MR) is 133 cm³/mol. The number of para-hydroxylation sites is 1. The van der Waals surface area contributed by atoms with Crippen LogP contribution in [0.1, 0.15) is 15.9 Å². The number of hydrogen-bond acceptors (Lipinski definition) is 5. The van der Waals surface area contributed by atoms with E-state index in [1.807, 2.05) is 59.2 Å². The molecule has 0 unspecified atom stereocenters. The van der Waals surface area contributed by atoms with Crippen molar-refractivity contribution in [2.45, 2.75) is 18.0 Å². The van der Waals surface area contributed by atoms with Gasteiger partial charge in [-0.15, -0.1) is 0 Å². The quantitative estimate of drug-likeness (QED) is 0.371. The van der Waals surface area contributed by atoms with E-state index in [-0.39, 0.29) is 11.4 Å². The van der Waals surface area contributed by atoms with Gasteiger partial charge in [0.05, 0.1) is 21.7 Å². The lowest BCUT2D eigenvalue weighted by Crippen LogP contribution is -2.26. The normalized spacial score (nSPS) is 12.5. The van der Waals surface area contributed by atoms with Gasteiger partial charge >= 0.3 is 0 Å². The van der Waals surface area contributed by atoms with Crippen LogP contribution in [0.25, 0.3) is 10.2 Å². The molecule has 9 heteroatoms. The molecule has 4 aromatic rings. The van der Waals surface area contributed by atoms with Gasteiger partial charge < -0.3 is 9.30 Å². The van der Waals surface area contributed by atoms with Crippen molar-refractivity contribution in [3.8, 4) is 0 Å². The van der Waals surface area contributed by atoms with Gasteiger partial charge in [0, 0.05) is 32.8 Å². The minimum Gasteiger partial charge on any atom is -0.383 e. The van der Waals surface area contributed by atoms with Crippen molar-refractivity contribution in [1.82, 2.24) is 8.87 Å². The largest absolute Gasteiger partial charge is 0.383 e. The third-order valence-corrected chi connectivity index (χ3v) is 8.24. The third-order valence-electron chi connectivity index (χ3n) is 5.36. The highest BCUT2D eigenvalue weighted by Crippen LogP contribution is 2.19. The molecular formula is C25H25N3O4S2. The molecule has 4 rings (SSSR count). The van der Waals surface area contributed by atoms with E-state index in [0.29, 0.717) is 23.5 Å². The lowest BCUT2D eigenvalue weighted by Gasteiger charge is -2.17. The summed E-state index contributed by atoms with van der Waals surface area (Å²) in [7, 11) is -0.530. The monoisotopic (exact) mass is 495 g/mol. The molecule has 0 aliphatic heterocycles. The highest BCUT2D eigenvalue weighted by Gasteiger charge is 2.21. The van der Waals surface area contributed by atoms with Crippen molar-refractivity contribution in [2.24, 2.45) is 4.99 Å². The Kier molecular flexibility index (Phi) is 7.38. The van der Waals surface area contributed by atoms with E-state index in [2.05, 4.69) is 4.99 Å². The van der Waals surface area contributed by atoms with Crippen LogP contribution in [0.3, 0.4) is 0 Å². The first-order valence-electron chi connectivity index (χ1n) is 10.7. The Morgan fingerprint density at radius 2 is 1.68 bits per heavy atom. The first-order valence-corrected chi connectivity index (χ1v) is 12.9. The fraction of sp³-hybridized carbons (Fsp3) is 0.200. The van der Waals surface area contributed by atoms with Crippen LogP contribution in [-0.2, 0) is 27.8 Å². The van der Waals surface area contributed by atoms with Crippen LogP contribution >= 0.6 is 11.3 Å². The van der Waals surface area contributed by atoms with Gasteiger partial charge in [0.15, 0.2) is 4.80 Å². The van der Waals surface area contributed by atoms with E-state index in [4.69, 9.17) is 4.74 Å². The standard InChI is InChI=1S/C25H25N3O4S2/c1-27(18-19-8-4-3-5-9-19)34(30,31)21-14-12-20(13-15-21)24(29)26-25-28(16-17-32-2)22-10-6-7-11-23(22)33-25/h3-15H,16-18H2,1-2H3. The minimum absolute atomic E-state index is 0.125. The minimum atomic E-state index is -3.70. The van der Waals surface area contributed by atoms with Gasteiger partial charge in [-0.05, 0) is 42.0 Å². The lowest BCUT2D eigenvalue weighted by molar-refractivity contribution is 0.0997. The Hall–Kier alpha value is -3.11. The second-order valence-electron chi connectivity index (χ2n) is 7.68. The Morgan fingerprint density at radius 1 is 1.00 bits per heavy atom. The van der Waals surface area contributed by atoms with Crippen molar-refractivity contribution in [1.29, 1.82) is 0 Å². The zero-order valence-electron chi connectivity index (χ0n) is 18.9. The summed E-state index contributed by atoms with van der Waals surface area (Å²) in [6.45, 7) is 1.31. The van der Waals surface area contributed by atoms with E-state index in [1.165, 1.54) is 47.0 Å². The number of carbonyl (C=O) groups is 1. The first kappa shape index (κ1) is 24.0. The molecule has 0 atom stereocenters. The maximum atomic E-state index is 13.0. The van der Waals surface area contributed by atoms with Crippen LogP contribution in [0, 0.1) is 0 Å². The Bertz CT molecular complexity index is 1460. The predicted octanol–water partition coefficient (Wildman–Crippen LogP) is 3.91. The van der Waals surface area contributed by atoms with Crippen LogP contribution in [0.2, 0.25) is 0 Å². The van der Waals surface area contributed by atoms with Gasteiger partial charge in [-0.2, -0.15) is 9.30 Å². The number of thiazole rings is 1. The molecule has 1 amide bonds. The topological polar surface area (TPSA) is 81.0 Å². The Morgan fingerprint density at radius 3 is 2.38 bits per heavy atom. The van der Waals surface area contributed by atoms with Gasteiger partial charge in [0.25, 0.3) is 5.91 Å². The maximum Gasteiger partial charge on any atom is 0.279 e. The molecule has 0 radical (unpaired) electrons. The molecule has 0 fully saturated rings. The SMILES string of the molecule is COCCn1c(=NC(=O)c2ccc(S(=O)(=O)N(C)Cc3ccccc3)cc2)sc2ccccc21. The van der Waals surface area contributed by atoms with Crippen LogP contribution in [-0.4, -0.2) is 44.0 Å². The van der Waals surface area contributed by atoms with Crippen molar-refractivity contribution >= 4 is 37.5 Å². The molecule has 7 nitrogen and oxygen atoms in total. The maximum absolute atomic E-state index is 13.0. The number of nitrogens with zero attached hydrogens (tertiary/aromatic N) is 3. The molecule has 0 aliphatic rings. The molecule has 1 heterocycles. The molecule has 0 saturated carbocycles. The summed E-state index contributed by atoms with van der Waals surface area (Å²) in [5, 5.41) is 0. The van der Waals surface area contributed by atoms with Crippen molar-refractivity contribution in [3.63, 3.8) is 0 Å². The van der Waals surface area contributed by atoms with E-state index in [9.17, 15) is 13.2 Å². The summed E-state index contributed by atoms with van der Waals surface area (Å²) in [5.41, 5.74) is 2.20. The lowest BCUT2D eigenvalue weighted by atomic mass is 10.2. The summed E-state index contributed by atoms with van der Waals surface area (Å²) < 4.78 is 35.4. The number of fused-ring (bicyclic) bond motifs is 1. The highest BCUT2D eigenvalue weighted by atomic mass is 32.2. The number of sulfonamides is 1. The molecule has 1 aromatic heterocycles. The van der Waals surface area contributed by atoms with Gasteiger partial charge in [0.2, 0.25) is 10.0 Å². The van der Waals surface area contributed by atoms with Crippen LogP contribution < -0.4 is 4.80 Å². The van der Waals surface area contributed by atoms with E-state index < -0.39 is 15.9 Å². The molecule has 34 heavy (non-hydrogen) atoms. The van der Waals surface area contributed by atoms with Gasteiger partial charge in [-0.3, -0.25) is 4.79 Å². The molecule has 3 aromatic carbocycles. The molecule has 0 N–H and O–H groups in total. The molecule has 176 valence electrons. The van der Waals surface area contributed by atoms with Crippen molar-refractivity contribution in [2.75, 3.05) is 20.8 Å². The van der Waals surface area contributed by atoms with Crippen LogP contribution in [0.5, 0.6) is 0 Å². The first-order chi connectivity index (χ1) is 16.4. The molecule has 0 bridgehead atoms. The molecule has 0 saturated heterocycles. The fourth-order valence-electron chi connectivity index (χ4n) is 3.53. The summed E-state index contributed by atoms with van der Waals surface area (Å²) >= 11 is 1.43. The van der Waals surface area contributed by atoms with Crippen LogP contribution in [0.15, 0.2) is 88.8 Å². The summed E-state index contributed by atoms with van der Waals surface area (Å²) in [6, 6.07) is 23.1. The number of benzene rings is 3. The fourth-order valence-corrected chi connectivity index (χ4v) is 5.74. The number of ether oxygens (including phenoxy) is 1. The summed E-state index contributed by atoms with van der Waals surface area (Å²) in [4.78, 5) is 17.9. The molecular weight excluding hydrogens is 470 g/mol. The van der Waals surface area contributed by atoms with Crippen LogP contribution in [0.4, 0.5) is 0 Å². The summed E-state index contributed by atoms with van der Waals surface area (Å²) in [5.74, 6) is -0.431. The van der Waals surface area contributed by atoms with E-state index >= 15 is 0 Å².